The lowest BCUT2D eigenvalue weighted by molar-refractivity contribution is 0.973. The van der Waals surface area contributed by atoms with Crippen molar-refractivity contribution >= 4 is 11.8 Å². The molecule has 0 bridgehead atoms. The molecule has 0 spiro atoms. The van der Waals surface area contributed by atoms with Gasteiger partial charge in [0.05, 0.1) is 0 Å². The quantitative estimate of drug-likeness (QED) is 0.732. The Hall–Kier alpha value is -2.07. The van der Waals surface area contributed by atoms with Gasteiger partial charge in [-0.3, -0.25) is 5.10 Å². The van der Waals surface area contributed by atoms with E-state index >= 15 is 0 Å². The molecule has 3 nitrogen and oxygen atoms in total. The first kappa shape index (κ1) is 12.0. The number of thioether (sulfide) groups is 1. The van der Waals surface area contributed by atoms with Crippen LogP contribution in [0.3, 0.4) is 0 Å². The number of nitrogens with one attached hydrogen (secondary N) is 1. The van der Waals surface area contributed by atoms with Gasteiger partial charge in [0.15, 0.2) is 5.16 Å². The number of hydrogen-bond acceptors (Lipinski definition) is 3. The molecule has 3 aromatic rings. The summed E-state index contributed by atoms with van der Waals surface area (Å²) in [5.41, 5.74) is 3.77. The zero-order valence-corrected chi connectivity index (χ0v) is 11.1. The summed E-state index contributed by atoms with van der Waals surface area (Å²) in [6.45, 7) is 0. The highest BCUT2D eigenvalue weighted by atomic mass is 32.2. The van der Waals surface area contributed by atoms with Gasteiger partial charge in [0.1, 0.15) is 6.33 Å². The molecule has 19 heavy (non-hydrogen) atoms. The second kappa shape index (κ2) is 5.71. The van der Waals surface area contributed by atoms with E-state index in [2.05, 4.69) is 63.7 Å². The molecule has 0 aliphatic carbocycles. The minimum atomic E-state index is 0.854. The molecule has 1 heterocycles. The van der Waals surface area contributed by atoms with Crippen LogP contribution in [0.5, 0.6) is 0 Å². The predicted octanol–water partition coefficient (Wildman–Crippen LogP) is 3.76. The van der Waals surface area contributed by atoms with Gasteiger partial charge in [-0.05, 0) is 16.7 Å². The zero-order chi connectivity index (χ0) is 12.9. The average Bonchev–Trinajstić information content (AvgIpc) is 3.00. The fourth-order valence-electron chi connectivity index (χ4n) is 1.84. The van der Waals surface area contributed by atoms with Crippen molar-refractivity contribution in [2.75, 3.05) is 0 Å². The van der Waals surface area contributed by atoms with E-state index < -0.39 is 0 Å². The van der Waals surface area contributed by atoms with Crippen LogP contribution >= 0.6 is 11.8 Å². The van der Waals surface area contributed by atoms with Crippen molar-refractivity contribution in [3.05, 3.63) is 66.5 Å². The van der Waals surface area contributed by atoms with Crippen LogP contribution < -0.4 is 0 Å². The largest absolute Gasteiger partial charge is 0.254 e. The van der Waals surface area contributed by atoms with Crippen LogP contribution in [0, 0.1) is 0 Å². The SMILES string of the molecule is c1ccc(-c2ccc(CSc3ncn[nH]3)cc2)cc1. The third-order valence-corrected chi connectivity index (χ3v) is 3.78. The normalized spacial score (nSPS) is 10.5. The highest BCUT2D eigenvalue weighted by molar-refractivity contribution is 7.98. The molecule has 0 saturated heterocycles. The van der Waals surface area contributed by atoms with E-state index in [1.54, 1.807) is 11.8 Å². The number of aromatic amines is 1. The molecule has 3 rings (SSSR count). The maximum absolute atomic E-state index is 4.09. The van der Waals surface area contributed by atoms with Crippen molar-refractivity contribution in [2.45, 2.75) is 10.9 Å². The lowest BCUT2D eigenvalue weighted by Crippen LogP contribution is -1.83. The van der Waals surface area contributed by atoms with Gasteiger partial charge < -0.3 is 0 Å². The minimum absolute atomic E-state index is 0.854. The van der Waals surface area contributed by atoms with E-state index in [4.69, 9.17) is 0 Å². The molecule has 0 fully saturated rings. The van der Waals surface area contributed by atoms with Gasteiger partial charge in [0.2, 0.25) is 0 Å². The van der Waals surface area contributed by atoms with Gasteiger partial charge in [0, 0.05) is 5.75 Å². The van der Waals surface area contributed by atoms with E-state index in [9.17, 15) is 0 Å². The van der Waals surface area contributed by atoms with Crippen molar-refractivity contribution in [3.8, 4) is 11.1 Å². The first-order chi connectivity index (χ1) is 9.42. The second-order valence-electron chi connectivity index (χ2n) is 4.14. The molecule has 1 N–H and O–H groups in total. The molecule has 94 valence electrons. The Morgan fingerprint density at radius 2 is 1.63 bits per heavy atom. The molecular weight excluding hydrogens is 254 g/mol. The molecule has 2 aromatic carbocycles. The van der Waals surface area contributed by atoms with Crippen LogP contribution in [0.1, 0.15) is 5.56 Å². The zero-order valence-electron chi connectivity index (χ0n) is 10.3. The van der Waals surface area contributed by atoms with Gasteiger partial charge in [-0.1, -0.05) is 66.4 Å². The van der Waals surface area contributed by atoms with E-state index in [1.807, 2.05) is 6.07 Å². The molecule has 4 heteroatoms. The fourth-order valence-corrected chi connectivity index (χ4v) is 2.57. The summed E-state index contributed by atoms with van der Waals surface area (Å²) in [5, 5.41) is 7.53. The van der Waals surface area contributed by atoms with Crippen LogP contribution in [-0.4, -0.2) is 15.2 Å². The Morgan fingerprint density at radius 3 is 2.32 bits per heavy atom. The molecule has 1 aromatic heterocycles. The number of H-pyrrole nitrogens is 1. The first-order valence-corrected chi connectivity index (χ1v) is 7.03. The summed E-state index contributed by atoms with van der Waals surface area (Å²) in [5.74, 6) is 0.893. The van der Waals surface area contributed by atoms with E-state index in [0.717, 1.165) is 10.9 Å². The van der Waals surface area contributed by atoms with E-state index in [0.29, 0.717) is 0 Å². The third-order valence-electron chi connectivity index (χ3n) is 2.83. The van der Waals surface area contributed by atoms with Gasteiger partial charge in [0.25, 0.3) is 0 Å². The Kier molecular flexibility index (Phi) is 3.61. The summed E-state index contributed by atoms with van der Waals surface area (Å²) < 4.78 is 0. The highest BCUT2D eigenvalue weighted by Crippen LogP contribution is 2.22. The number of hydrogen-bond donors (Lipinski definition) is 1. The van der Waals surface area contributed by atoms with Crippen LogP contribution in [0.4, 0.5) is 0 Å². The molecule has 0 amide bonds. The first-order valence-electron chi connectivity index (χ1n) is 6.04. The standard InChI is InChI=1S/C15H13N3S/c1-2-4-13(5-3-1)14-8-6-12(7-9-14)10-19-15-16-11-17-18-15/h1-9,11H,10H2,(H,16,17,18). The van der Waals surface area contributed by atoms with Crippen molar-refractivity contribution in [1.29, 1.82) is 0 Å². The maximum Gasteiger partial charge on any atom is 0.183 e. The Morgan fingerprint density at radius 1 is 0.895 bits per heavy atom. The van der Waals surface area contributed by atoms with Gasteiger partial charge in [-0.25, -0.2) is 4.98 Å². The van der Waals surface area contributed by atoms with Crippen molar-refractivity contribution in [1.82, 2.24) is 15.2 Å². The van der Waals surface area contributed by atoms with Crippen molar-refractivity contribution in [3.63, 3.8) is 0 Å². The molecule has 0 saturated carbocycles. The predicted molar refractivity (Wildman–Crippen MR) is 77.8 cm³/mol. The van der Waals surface area contributed by atoms with Crippen molar-refractivity contribution in [2.24, 2.45) is 0 Å². The lowest BCUT2D eigenvalue weighted by Gasteiger charge is -2.03. The summed E-state index contributed by atoms with van der Waals surface area (Å²) in [4.78, 5) is 4.09. The molecule has 0 atom stereocenters. The Labute approximate surface area is 116 Å². The minimum Gasteiger partial charge on any atom is -0.254 e. The summed E-state index contributed by atoms with van der Waals surface area (Å²) >= 11 is 1.65. The van der Waals surface area contributed by atoms with Gasteiger partial charge in [-0.2, -0.15) is 5.10 Å². The van der Waals surface area contributed by atoms with Gasteiger partial charge >= 0.3 is 0 Å². The fraction of sp³-hybridized carbons (Fsp3) is 0.0667. The molecular formula is C15H13N3S. The lowest BCUT2D eigenvalue weighted by atomic mass is 10.0. The molecule has 0 aliphatic rings. The molecule has 0 unspecified atom stereocenters. The molecule has 0 aliphatic heterocycles. The van der Waals surface area contributed by atoms with Crippen LogP contribution in [0.25, 0.3) is 11.1 Å². The van der Waals surface area contributed by atoms with E-state index in [1.165, 1.54) is 23.0 Å². The van der Waals surface area contributed by atoms with Crippen LogP contribution in [0.2, 0.25) is 0 Å². The smallest absolute Gasteiger partial charge is 0.183 e. The number of rotatable bonds is 4. The van der Waals surface area contributed by atoms with Crippen LogP contribution in [0.15, 0.2) is 66.1 Å². The van der Waals surface area contributed by atoms with Crippen molar-refractivity contribution < 1.29 is 0 Å². The third kappa shape index (κ3) is 3.03. The molecule has 0 radical (unpaired) electrons. The summed E-state index contributed by atoms with van der Waals surface area (Å²) in [6, 6.07) is 19.0. The second-order valence-corrected chi connectivity index (χ2v) is 5.11. The summed E-state index contributed by atoms with van der Waals surface area (Å²) in [7, 11) is 0. The topological polar surface area (TPSA) is 41.6 Å². The number of benzene rings is 2. The number of aromatic nitrogens is 3. The van der Waals surface area contributed by atoms with Crippen LogP contribution in [-0.2, 0) is 5.75 Å². The maximum atomic E-state index is 4.09. The highest BCUT2D eigenvalue weighted by Gasteiger charge is 2.00. The van der Waals surface area contributed by atoms with E-state index in [-0.39, 0.29) is 0 Å². The summed E-state index contributed by atoms with van der Waals surface area (Å²) in [6.07, 6.45) is 1.53. The Balaban J connectivity index is 1.69. The van der Waals surface area contributed by atoms with Gasteiger partial charge in [-0.15, -0.1) is 0 Å². The number of nitrogens with zero attached hydrogens (tertiary/aromatic N) is 2. The average molecular weight is 267 g/mol. The monoisotopic (exact) mass is 267 g/mol. The Bertz CT molecular complexity index is 618.